The predicted octanol–water partition coefficient (Wildman–Crippen LogP) is 5.19. The second kappa shape index (κ2) is 6.76. The average Bonchev–Trinajstić information content (AvgIpc) is 3.16. The molecular formula is C21H22ClNO3. The first-order valence-electron chi connectivity index (χ1n) is 8.69. The molecule has 3 atom stereocenters. The van der Waals surface area contributed by atoms with E-state index < -0.39 is 0 Å². The molecule has 0 saturated carbocycles. The van der Waals surface area contributed by atoms with Gasteiger partial charge in [0, 0.05) is 5.92 Å². The molecule has 0 aromatic heterocycles. The maximum absolute atomic E-state index is 6.49. The highest BCUT2D eigenvalue weighted by atomic mass is 35.5. The van der Waals surface area contributed by atoms with Crippen LogP contribution in [0.1, 0.15) is 29.5 Å². The van der Waals surface area contributed by atoms with Crippen LogP contribution in [0.15, 0.2) is 42.5 Å². The normalized spacial score (nSPS) is 23.0. The summed E-state index contributed by atoms with van der Waals surface area (Å²) in [5.74, 6) is 2.71. The molecule has 4 rings (SSSR count). The molecule has 26 heavy (non-hydrogen) atoms. The SMILES string of the molecule is COc1cc(C2Nc3c(Cl)cccc3C3C=CCC32)cc(OC)c1OC. The quantitative estimate of drug-likeness (QED) is 0.750. The molecule has 0 bridgehead atoms. The lowest BCUT2D eigenvalue weighted by molar-refractivity contribution is 0.322. The summed E-state index contributed by atoms with van der Waals surface area (Å²) in [5, 5.41) is 4.42. The Hall–Kier alpha value is -2.33. The van der Waals surface area contributed by atoms with E-state index >= 15 is 0 Å². The maximum atomic E-state index is 6.49. The van der Waals surface area contributed by atoms with E-state index in [9.17, 15) is 0 Å². The molecule has 1 heterocycles. The summed E-state index contributed by atoms with van der Waals surface area (Å²) in [7, 11) is 4.90. The summed E-state index contributed by atoms with van der Waals surface area (Å²) in [5.41, 5.74) is 3.38. The zero-order valence-corrected chi connectivity index (χ0v) is 15.8. The number of nitrogens with one attached hydrogen (secondary N) is 1. The van der Waals surface area contributed by atoms with E-state index in [0.29, 0.717) is 29.1 Å². The Balaban J connectivity index is 1.82. The van der Waals surface area contributed by atoms with E-state index in [-0.39, 0.29) is 6.04 Å². The third-order valence-corrected chi connectivity index (χ3v) is 5.71. The van der Waals surface area contributed by atoms with Crippen LogP contribution < -0.4 is 19.5 Å². The van der Waals surface area contributed by atoms with Gasteiger partial charge in [0.15, 0.2) is 11.5 Å². The number of hydrogen-bond acceptors (Lipinski definition) is 4. The number of allylic oxidation sites excluding steroid dienone is 2. The second-order valence-corrected chi connectivity index (χ2v) is 7.05. The van der Waals surface area contributed by atoms with Gasteiger partial charge in [-0.25, -0.2) is 0 Å². The van der Waals surface area contributed by atoms with Crippen LogP contribution in [0.25, 0.3) is 0 Å². The van der Waals surface area contributed by atoms with E-state index in [4.69, 9.17) is 25.8 Å². The van der Waals surface area contributed by atoms with E-state index in [1.807, 2.05) is 24.3 Å². The number of methoxy groups -OCH3 is 3. The number of fused-ring (bicyclic) bond motifs is 3. The summed E-state index contributed by atoms with van der Waals surface area (Å²) < 4.78 is 16.5. The van der Waals surface area contributed by atoms with Gasteiger partial charge in [0.1, 0.15) is 0 Å². The topological polar surface area (TPSA) is 39.7 Å². The van der Waals surface area contributed by atoms with Gasteiger partial charge in [0.05, 0.1) is 38.1 Å². The lowest BCUT2D eigenvalue weighted by Gasteiger charge is -2.38. The van der Waals surface area contributed by atoms with Crippen LogP contribution in [0.5, 0.6) is 17.2 Å². The standard InChI is InChI=1S/C21H22ClNO3/c1-24-17-10-12(11-18(25-2)21(17)26-3)19-14-7-4-6-13(14)15-8-5-9-16(22)20(15)23-19/h4-6,8-11,13-14,19,23H,7H2,1-3H3. The van der Waals surface area contributed by atoms with Gasteiger partial charge in [-0.3, -0.25) is 0 Å². The Bertz CT molecular complexity index is 839. The first-order chi connectivity index (χ1) is 12.7. The van der Waals surface area contributed by atoms with Crippen LogP contribution in [0.4, 0.5) is 5.69 Å². The van der Waals surface area contributed by atoms with Crippen molar-refractivity contribution in [2.75, 3.05) is 26.6 Å². The Morgan fingerprint density at radius 3 is 2.42 bits per heavy atom. The van der Waals surface area contributed by atoms with Crippen LogP contribution >= 0.6 is 11.6 Å². The van der Waals surface area contributed by atoms with Crippen LogP contribution in [-0.4, -0.2) is 21.3 Å². The molecule has 1 aliphatic carbocycles. The number of halogens is 1. The van der Waals surface area contributed by atoms with Gasteiger partial charge < -0.3 is 19.5 Å². The van der Waals surface area contributed by atoms with Crippen molar-refractivity contribution in [2.45, 2.75) is 18.4 Å². The lowest BCUT2D eigenvalue weighted by Crippen LogP contribution is -2.29. The Kier molecular flexibility index (Phi) is 4.45. The number of rotatable bonds is 4. The molecule has 1 aliphatic heterocycles. The number of anilines is 1. The van der Waals surface area contributed by atoms with Crippen molar-refractivity contribution >= 4 is 17.3 Å². The maximum Gasteiger partial charge on any atom is 0.203 e. The van der Waals surface area contributed by atoms with Crippen molar-refractivity contribution < 1.29 is 14.2 Å². The number of ether oxygens (including phenoxy) is 3. The molecule has 4 nitrogen and oxygen atoms in total. The third kappa shape index (κ3) is 2.60. The first kappa shape index (κ1) is 17.1. The summed E-state index contributed by atoms with van der Waals surface area (Å²) in [4.78, 5) is 0. The highest BCUT2D eigenvalue weighted by molar-refractivity contribution is 6.33. The molecule has 0 fully saturated rings. The molecule has 2 aromatic rings. The van der Waals surface area contributed by atoms with Gasteiger partial charge in [-0.15, -0.1) is 0 Å². The molecular weight excluding hydrogens is 350 g/mol. The summed E-state index contributed by atoms with van der Waals surface area (Å²) in [6.07, 6.45) is 5.58. The van der Waals surface area contributed by atoms with Crippen LogP contribution in [0.3, 0.4) is 0 Å². The van der Waals surface area contributed by atoms with Gasteiger partial charge in [-0.1, -0.05) is 35.9 Å². The molecule has 1 N–H and O–H groups in total. The largest absolute Gasteiger partial charge is 0.493 e. The van der Waals surface area contributed by atoms with E-state index in [0.717, 1.165) is 22.7 Å². The monoisotopic (exact) mass is 371 g/mol. The van der Waals surface area contributed by atoms with Crippen molar-refractivity contribution in [2.24, 2.45) is 5.92 Å². The molecule has 0 radical (unpaired) electrons. The number of hydrogen-bond donors (Lipinski definition) is 1. The second-order valence-electron chi connectivity index (χ2n) is 6.64. The number of benzene rings is 2. The molecule has 0 saturated heterocycles. The Morgan fingerprint density at radius 1 is 1.04 bits per heavy atom. The van der Waals surface area contributed by atoms with Gasteiger partial charge in [0.25, 0.3) is 0 Å². The molecule has 0 spiro atoms. The van der Waals surface area contributed by atoms with Crippen molar-refractivity contribution in [3.8, 4) is 17.2 Å². The first-order valence-corrected chi connectivity index (χ1v) is 9.07. The minimum Gasteiger partial charge on any atom is -0.493 e. The highest BCUT2D eigenvalue weighted by Gasteiger charge is 2.39. The van der Waals surface area contributed by atoms with E-state index in [1.54, 1.807) is 21.3 Å². The molecule has 2 aliphatic rings. The minimum atomic E-state index is 0.108. The van der Waals surface area contributed by atoms with Crippen molar-refractivity contribution in [1.82, 2.24) is 0 Å². The zero-order valence-electron chi connectivity index (χ0n) is 15.1. The highest BCUT2D eigenvalue weighted by Crippen LogP contribution is 2.52. The van der Waals surface area contributed by atoms with E-state index in [2.05, 4.69) is 23.5 Å². The fourth-order valence-electron chi connectivity index (χ4n) is 4.19. The number of para-hydroxylation sites is 1. The van der Waals surface area contributed by atoms with Crippen LogP contribution in [-0.2, 0) is 0 Å². The van der Waals surface area contributed by atoms with Crippen LogP contribution in [0, 0.1) is 5.92 Å². The molecule has 2 aromatic carbocycles. The lowest BCUT2D eigenvalue weighted by atomic mass is 9.77. The average molecular weight is 372 g/mol. The van der Waals surface area contributed by atoms with Gasteiger partial charge >= 0.3 is 0 Å². The van der Waals surface area contributed by atoms with E-state index in [1.165, 1.54) is 5.56 Å². The smallest absolute Gasteiger partial charge is 0.203 e. The minimum absolute atomic E-state index is 0.108. The van der Waals surface area contributed by atoms with Gasteiger partial charge in [0.2, 0.25) is 5.75 Å². The Labute approximate surface area is 158 Å². The van der Waals surface area contributed by atoms with Crippen molar-refractivity contribution in [3.63, 3.8) is 0 Å². The fourth-order valence-corrected chi connectivity index (χ4v) is 4.43. The third-order valence-electron chi connectivity index (χ3n) is 5.39. The van der Waals surface area contributed by atoms with Crippen LogP contribution in [0.2, 0.25) is 5.02 Å². The van der Waals surface area contributed by atoms with Crippen molar-refractivity contribution in [1.29, 1.82) is 0 Å². The molecule has 5 heteroatoms. The predicted molar refractivity (Wildman–Crippen MR) is 104 cm³/mol. The zero-order chi connectivity index (χ0) is 18.3. The molecule has 3 unspecified atom stereocenters. The fraction of sp³-hybridized carbons (Fsp3) is 0.333. The van der Waals surface area contributed by atoms with Crippen molar-refractivity contribution in [3.05, 3.63) is 58.6 Å². The van der Waals surface area contributed by atoms with Gasteiger partial charge in [-0.2, -0.15) is 0 Å². The Morgan fingerprint density at radius 2 is 1.77 bits per heavy atom. The summed E-state index contributed by atoms with van der Waals surface area (Å²) in [6.45, 7) is 0. The summed E-state index contributed by atoms with van der Waals surface area (Å²) >= 11 is 6.49. The molecule has 136 valence electrons. The van der Waals surface area contributed by atoms with Gasteiger partial charge in [-0.05, 0) is 41.7 Å². The molecule has 0 amide bonds. The summed E-state index contributed by atoms with van der Waals surface area (Å²) in [6, 6.07) is 10.3.